The zero-order valence-electron chi connectivity index (χ0n) is 10.3. The number of hydrogen-bond acceptors (Lipinski definition) is 3. The van der Waals surface area contributed by atoms with Gasteiger partial charge in [0.1, 0.15) is 17.3 Å². The fourth-order valence-corrected chi connectivity index (χ4v) is 1.54. The highest BCUT2D eigenvalue weighted by molar-refractivity contribution is 5.83. The minimum atomic E-state index is -0.586. The first-order valence-electron chi connectivity index (χ1n) is 5.66. The van der Waals surface area contributed by atoms with Gasteiger partial charge in [-0.3, -0.25) is 0 Å². The van der Waals surface area contributed by atoms with E-state index in [1.807, 2.05) is 13.8 Å². The third kappa shape index (κ3) is 2.53. The molecule has 0 spiro atoms. The molecule has 0 aliphatic rings. The smallest absolute Gasteiger partial charge is 0.139 e. The lowest BCUT2D eigenvalue weighted by molar-refractivity contribution is 0.473. The molecule has 2 rings (SSSR count). The van der Waals surface area contributed by atoms with E-state index in [4.69, 9.17) is 5.73 Å². The third-order valence-corrected chi connectivity index (χ3v) is 2.35. The summed E-state index contributed by atoms with van der Waals surface area (Å²) in [6, 6.07) is 8.51. The number of anilines is 1. The van der Waals surface area contributed by atoms with E-state index in [1.165, 1.54) is 18.2 Å². The number of aromatic hydroxyl groups is 2. The summed E-state index contributed by atoms with van der Waals surface area (Å²) in [5.74, 6) is -0.879. The average molecular weight is 249 g/mol. The number of phenols is 2. The van der Waals surface area contributed by atoms with E-state index in [0.717, 1.165) is 6.07 Å². The molecule has 0 saturated heterocycles. The highest BCUT2D eigenvalue weighted by Gasteiger charge is 2.15. The van der Waals surface area contributed by atoms with Crippen molar-refractivity contribution in [2.45, 2.75) is 13.8 Å². The van der Waals surface area contributed by atoms with E-state index >= 15 is 0 Å². The minimum absolute atomic E-state index is 0.0121. The standard InChI is InChI=1S/C12H10FNO2.C2H6/c13-8-5-6-10(16)12(14)11(8)7-3-1-2-4-9(7)15;1-2/h1-6,15-16H,14H2;1-2H3. The lowest BCUT2D eigenvalue weighted by atomic mass is 10.0. The lowest BCUT2D eigenvalue weighted by Crippen LogP contribution is -1.94. The van der Waals surface area contributed by atoms with Crippen LogP contribution in [0.25, 0.3) is 11.1 Å². The SMILES string of the molecule is CC.Nc1c(O)ccc(F)c1-c1ccccc1O. The van der Waals surface area contributed by atoms with Crippen LogP contribution in [-0.4, -0.2) is 10.2 Å². The van der Waals surface area contributed by atoms with Crippen LogP contribution in [0.5, 0.6) is 11.5 Å². The molecule has 2 aromatic carbocycles. The van der Waals surface area contributed by atoms with Gasteiger partial charge in [-0.2, -0.15) is 0 Å². The number of para-hydroxylation sites is 1. The van der Waals surface area contributed by atoms with Crippen molar-refractivity contribution < 1.29 is 14.6 Å². The molecule has 0 amide bonds. The summed E-state index contributed by atoms with van der Waals surface area (Å²) in [7, 11) is 0. The van der Waals surface area contributed by atoms with E-state index in [-0.39, 0.29) is 28.3 Å². The maximum Gasteiger partial charge on any atom is 0.139 e. The summed E-state index contributed by atoms with van der Waals surface area (Å²) in [4.78, 5) is 0. The Balaban J connectivity index is 0.000000771. The highest BCUT2D eigenvalue weighted by Crippen LogP contribution is 2.38. The summed E-state index contributed by atoms with van der Waals surface area (Å²) < 4.78 is 13.6. The molecular formula is C14H16FNO2. The normalized spacial score (nSPS) is 9.50. The Kier molecular flexibility index (Phi) is 4.54. The molecule has 4 N–H and O–H groups in total. The molecular weight excluding hydrogens is 233 g/mol. The molecule has 3 nitrogen and oxygen atoms in total. The van der Waals surface area contributed by atoms with E-state index in [1.54, 1.807) is 12.1 Å². The molecule has 0 saturated carbocycles. The molecule has 0 bridgehead atoms. The van der Waals surface area contributed by atoms with Crippen molar-refractivity contribution in [3.05, 3.63) is 42.2 Å². The Morgan fingerprint density at radius 3 is 2.17 bits per heavy atom. The van der Waals surface area contributed by atoms with Crippen LogP contribution in [0.3, 0.4) is 0 Å². The molecule has 0 heterocycles. The van der Waals surface area contributed by atoms with E-state index in [0.29, 0.717) is 0 Å². The van der Waals surface area contributed by atoms with Crippen LogP contribution < -0.4 is 5.73 Å². The van der Waals surface area contributed by atoms with Gasteiger partial charge in [0.25, 0.3) is 0 Å². The largest absolute Gasteiger partial charge is 0.507 e. The van der Waals surface area contributed by atoms with E-state index in [9.17, 15) is 14.6 Å². The molecule has 18 heavy (non-hydrogen) atoms. The van der Waals surface area contributed by atoms with Gasteiger partial charge in [0, 0.05) is 11.1 Å². The first-order valence-corrected chi connectivity index (χ1v) is 5.66. The Labute approximate surface area is 105 Å². The van der Waals surface area contributed by atoms with Gasteiger partial charge in [0.15, 0.2) is 0 Å². The van der Waals surface area contributed by atoms with Gasteiger partial charge in [-0.25, -0.2) is 4.39 Å². The van der Waals surface area contributed by atoms with Crippen molar-refractivity contribution in [3.63, 3.8) is 0 Å². The van der Waals surface area contributed by atoms with Crippen LogP contribution >= 0.6 is 0 Å². The van der Waals surface area contributed by atoms with Crippen LogP contribution in [0.1, 0.15) is 13.8 Å². The summed E-state index contributed by atoms with van der Waals surface area (Å²) in [5, 5.41) is 19.0. The van der Waals surface area contributed by atoms with Crippen LogP contribution in [-0.2, 0) is 0 Å². The number of halogens is 1. The molecule has 0 fully saturated rings. The first kappa shape index (κ1) is 13.8. The Morgan fingerprint density at radius 2 is 1.56 bits per heavy atom. The monoisotopic (exact) mass is 249 g/mol. The minimum Gasteiger partial charge on any atom is -0.507 e. The zero-order valence-corrected chi connectivity index (χ0v) is 10.3. The number of phenolic OH excluding ortho intramolecular Hbond substituents is 2. The average Bonchev–Trinajstić information content (AvgIpc) is 2.39. The number of nitrogens with two attached hydrogens (primary N) is 1. The summed E-state index contributed by atoms with van der Waals surface area (Å²) >= 11 is 0. The van der Waals surface area contributed by atoms with Crippen molar-refractivity contribution in [3.8, 4) is 22.6 Å². The fraction of sp³-hybridized carbons (Fsp3) is 0.143. The molecule has 0 aliphatic heterocycles. The van der Waals surface area contributed by atoms with Crippen LogP contribution in [0.15, 0.2) is 36.4 Å². The van der Waals surface area contributed by atoms with Crippen LogP contribution in [0.2, 0.25) is 0 Å². The molecule has 0 aliphatic carbocycles. The molecule has 2 aromatic rings. The molecule has 96 valence electrons. The van der Waals surface area contributed by atoms with Crippen molar-refractivity contribution in [1.29, 1.82) is 0 Å². The Bertz CT molecular complexity index is 541. The second kappa shape index (κ2) is 5.91. The van der Waals surface area contributed by atoms with Crippen LogP contribution in [0.4, 0.5) is 10.1 Å². The first-order chi connectivity index (χ1) is 8.61. The Hall–Kier alpha value is -2.23. The molecule has 0 unspecified atom stereocenters. The predicted octanol–water partition coefficient (Wildman–Crippen LogP) is 3.51. The lowest BCUT2D eigenvalue weighted by Gasteiger charge is -2.10. The van der Waals surface area contributed by atoms with Crippen molar-refractivity contribution in [2.75, 3.05) is 5.73 Å². The number of benzene rings is 2. The quantitative estimate of drug-likeness (QED) is 0.535. The van der Waals surface area contributed by atoms with Gasteiger partial charge in [0.05, 0.1) is 5.69 Å². The van der Waals surface area contributed by atoms with E-state index in [2.05, 4.69) is 0 Å². The van der Waals surface area contributed by atoms with Gasteiger partial charge < -0.3 is 15.9 Å². The zero-order chi connectivity index (χ0) is 13.7. The van der Waals surface area contributed by atoms with Crippen molar-refractivity contribution in [1.82, 2.24) is 0 Å². The molecule has 0 atom stereocenters. The summed E-state index contributed by atoms with van der Waals surface area (Å²) in [6.07, 6.45) is 0. The second-order valence-electron chi connectivity index (χ2n) is 3.37. The van der Waals surface area contributed by atoms with Gasteiger partial charge in [0.2, 0.25) is 0 Å². The number of hydrogen-bond donors (Lipinski definition) is 3. The van der Waals surface area contributed by atoms with E-state index < -0.39 is 5.82 Å². The topological polar surface area (TPSA) is 66.5 Å². The van der Waals surface area contributed by atoms with Gasteiger partial charge in [-0.05, 0) is 18.2 Å². The highest BCUT2D eigenvalue weighted by atomic mass is 19.1. The molecule has 0 aromatic heterocycles. The van der Waals surface area contributed by atoms with Crippen LogP contribution in [0, 0.1) is 5.82 Å². The predicted molar refractivity (Wildman–Crippen MR) is 70.9 cm³/mol. The van der Waals surface area contributed by atoms with Gasteiger partial charge in [-0.1, -0.05) is 32.0 Å². The number of rotatable bonds is 1. The Morgan fingerprint density at radius 1 is 0.944 bits per heavy atom. The maximum absolute atomic E-state index is 13.6. The van der Waals surface area contributed by atoms with Gasteiger partial charge in [-0.15, -0.1) is 0 Å². The van der Waals surface area contributed by atoms with Gasteiger partial charge >= 0.3 is 0 Å². The number of nitrogen functional groups attached to an aromatic ring is 1. The fourth-order valence-electron chi connectivity index (χ4n) is 1.54. The van der Waals surface area contributed by atoms with Crippen molar-refractivity contribution in [2.24, 2.45) is 0 Å². The second-order valence-corrected chi connectivity index (χ2v) is 3.37. The maximum atomic E-state index is 13.6. The third-order valence-electron chi connectivity index (χ3n) is 2.35. The summed E-state index contributed by atoms with van der Waals surface area (Å²) in [6.45, 7) is 4.00. The summed E-state index contributed by atoms with van der Waals surface area (Å²) in [5.41, 5.74) is 5.77. The molecule has 4 heteroatoms. The van der Waals surface area contributed by atoms with Crippen molar-refractivity contribution >= 4 is 5.69 Å². The molecule has 0 radical (unpaired) electrons.